The fourth-order valence-corrected chi connectivity index (χ4v) is 5.99. The Morgan fingerprint density at radius 3 is 2.45 bits per heavy atom. The molecule has 7 heteroatoms. The summed E-state index contributed by atoms with van der Waals surface area (Å²) in [7, 11) is 1.67. The average Bonchev–Trinajstić information content (AvgIpc) is 3.59. The average molecular weight is 578 g/mol. The van der Waals surface area contributed by atoms with Crippen LogP contribution in [0.2, 0.25) is 0 Å². The number of amides is 1. The summed E-state index contributed by atoms with van der Waals surface area (Å²) in [5.41, 5.74) is 16.3. The second kappa shape index (κ2) is 11.2. The number of nitrogens with zero attached hydrogens (tertiary/aromatic N) is 4. The number of anilines is 1. The highest BCUT2D eigenvalue weighted by Gasteiger charge is 2.32. The number of nitrogens with two attached hydrogens (primary N) is 1. The number of methoxy groups -OCH3 is 1. The normalized spacial score (nSPS) is 12.5. The van der Waals surface area contributed by atoms with Gasteiger partial charge in [0.15, 0.2) is 0 Å². The molecule has 7 nitrogen and oxygen atoms in total. The van der Waals surface area contributed by atoms with E-state index in [1.54, 1.807) is 19.5 Å². The summed E-state index contributed by atoms with van der Waals surface area (Å²) < 4.78 is 7.39. The van der Waals surface area contributed by atoms with Crippen LogP contribution in [0.1, 0.15) is 27.0 Å². The minimum atomic E-state index is -0.0760. The Hall–Kier alpha value is -5.69. The Labute approximate surface area is 255 Å². The molecule has 0 fully saturated rings. The molecule has 0 spiro atoms. The van der Waals surface area contributed by atoms with Crippen LogP contribution < -0.4 is 10.5 Å². The van der Waals surface area contributed by atoms with Gasteiger partial charge in [0.2, 0.25) is 0 Å². The van der Waals surface area contributed by atoms with Crippen molar-refractivity contribution in [1.82, 2.24) is 19.7 Å². The number of carbonyl (C=O) groups excluding carboxylic acids is 1. The minimum Gasteiger partial charge on any atom is -0.497 e. The summed E-state index contributed by atoms with van der Waals surface area (Å²) in [6.45, 7) is 5.72. The number of nitrogen functional groups attached to an aromatic ring is 1. The SMILES string of the molecule is C=C(CN1Cc2c(-c3ccc4c(c3)c(-c3ccccc3)nn4Cc3ccc(OC)cc3)ccc(N)c2C1=O)c1ccncc1. The van der Waals surface area contributed by atoms with Gasteiger partial charge in [-0.25, -0.2) is 0 Å². The summed E-state index contributed by atoms with van der Waals surface area (Å²) in [6.07, 6.45) is 3.46. The second-order valence-corrected chi connectivity index (χ2v) is 11.0. The molecule has 1 aliphatic rings. The topological polar surface area (TPSA) is 86.3 Å². The molecule has 6 aromatic rings. The zero-order valence-electron chi connectivity index (χ0n) is 24.4. The lowest BCUT2D eigenvalue weighted by atomic mass is 9.94. The third kappa shape index (κ3) is 4.88. The standard InChI is InChI=1S/C37H31N5O2/c1-24(26-16-18-39-19-17-26)21-41-23-32-30(13-14-33(38)35(32)37(41)43)28-10-15-34-31(20-28)36(27-6-4-3-5-7-27)40-42(34)22-25-8-11-29(44-2)12-9-25/h3-20H,1,21-23,38H2,2H3. The number of aromatic nitrogens is 3. The summed E-state index contributed by atoms with van der Waals surface area (Å²) in [5, 5.41) is 6.14. The Morgan fingerprint density at radius 1 is 0.932 bits per heavy atom. The number of fused-ring (bicyclic) bond motifs is 2. The van der Waals surface area contributed by atoms with Crippen LogP contribution in [0.4, 0.5) is 5.69 Å². The van der Waals surface area contributed by atoms with Gasteiger partial charge in [-0.05, 0) is 75.9 Å². The summed E-state index contributed by atoms with van der Waals surface area (Å²) in [4.78, 5) is 19.5. The Bertz CT molecular complexity index is 2020. The molecule has 2 N–H and O–H groups in total. The third-order valence-electron chi connectivity index (χ3n) is 8.27. The van der Waals surface area contributed by atoms with Crippen molar-refractivity contribution in [2.24, 2.45) is 0 Å². The predicted molar refractivity (Wildman–Crippen MR) is 175 cm³/mol. The van der Waals surface area contributed by atoms with E-state index >= 15 is 0 Å². The van der Waals surface area contributed by atoms with Gasteiger partial charge in [-0.15, -0.1) is 0 Å². The molecule has 0 saturated carbocycles. The van der Waals surface area contributed by atoms with E-state index in [2.05, 4.69) is 54.0 Å². The van der Waals surface area contributed by atoms with Gasteiger partial charge in [-0.1, -0.05) is 61.2 Å². The highest BCUT2D eigenvalue weighted by atomic mass is 16.5. The number of hydrogen-bond acceptors (Lipinski definition) is 5. The van der Waals surface area contributed by atoms with Gasteiger partial charge in [0.05, 0.1) is 24.7 Å². The zero-order chi connectivity index (χ0) is 30.2. The fraction of sp³-hybridized carbons (Fsp3) is 0.108. The lowest BCUT2D eigenvalue weighted by molar-refractivity contribution is 0.0800. The van der Waals surface area contributed by atoms with Gasteiger partial charge >= 0.3 is 0 Å². The van der Waals surface area contributed by atoms with Crippen LogP contribution in [0, 0.1) is 0 Å². The van der Waals surface area contributed by atoms with Crippen molar-refractivity contribution in [2.75, 3.05) is 19.4 Å². The maximum absolute atomic E-state index is 13.6. The van der Waals surface area contributed by atoms with Crippen molar-refractivity contribution in [3.05, 3.63) is 138 Å². The number of benzene rings is 4. The minimum absolute atomic E-state index is 0.0760. The molecule has 1 amide bonds. The predicted octanol–water partition coefficient (Wildman–Crippen LogP) is 7.07. The molecule has 44 heavy (non-hydrogen) atoms. The lowest BCUT2D eigenvalue weighted by Crippen LogP contribution is -2.25. The molecule has 0 saturated heterocycles. The molecule has 3 heterocycles. The van der Waals surface area contributed by atoms with Crippen molar-refractivity contribution < 1.29 is 9.53 Å². The highest BCUT2D eigenvalue weighted by Crippen LogP contribution is 2.39. The quantitative estimate of drug-likeness (QED) is 0.196. The smallest absolute Gasteiger partial charge is 0.256 e. The lowest BCUT2D eigenvalue weighted by Gasteiger charge is -2.17. The molecule has 4 aromatic carbocycles. The molecule has 0 unspecified atom stereocenters. The van der Waals surface area contributed by atoms with Crippen LogP contribution in [-0.4, -0.2) is 39.2 Å². The fourth-order valence-electron chi connectivity index (χ4n) is 5.99. The van der Waals surface area contributed by atoms with Gasteiger partial charge in [-0.2, -0.15) is 5.10 Å². The molecule has 2 aromatic heterocycles. The largest absolute Gasteiger partial charge is 0.497 e. The van der Waals surface area contributed by atoms with E-state index in [1.165, 1.54) is 0 Å². The van der Waals surface area contributed by atoms with Gasteiger partial charge in [-0.3, -0.25) is 14.5 Å². The zero-order valence-corrected chi connectivity index (χ0v) is 24.4. The van der Waals surface area contributed by atoms with Crippen molar-refractivity contribution in [3.8, 4) is 28.1 Å². The van der Waals surface area contributed by atoms with E-state index < -0.39 is 0 Å². The molecule has 0 atom stereocenters. The van der Waals surface area contributed by atoms with Crippen LogP contribution in [-0.2, 0) is 13.1 Å². The van der Waals surface area contributed by atoms with Crippen LogP contribution in [0.25, 0.3) is 38.9 Å². The van der Waals surface area contributed by atoms with Crippen LogP contribution in [0.15, 0.2) is 116 Å². The van der Waals surface area contributed by atoms with Gasteiger partial charge in [0, 0.05) is 42.1 Å². The highest BCUT2D eigenvalue weighted by molar-refractivity contribution is 6.06. The maximum Gasteiger partial charge on any atom is 0.256 e. The molecule has 0 aliphatic carbocycles. The molecular weight excluding hydrogens is 546 g/mol. The number of pyridine rings is 1. The first kappa shape index (κ1) is 27.2. The molecule has 7 rings (SSSR count). The summed E-state index contributed by atoms with van der Waals surface area (Å²) in [6, 6.07) is 32.4. The molecular formula is C37H31N5O2. The van der Waals surface area contributed by atoms with E-state index in [9.17, 15) is 4.79 Å². The van der Waals surface area contributed by atoms with E-state index in [4.69, 9.17) is 15.6 Å². The van der Waals surface area contributed by atoms with Crippen LogP contribution >= 0.6 is 0 Å². The Kier molecular flexibility index (Phi) is 6.91. The number of ether oxygens (including phenoxy) is 1. The van der Waals surface area contributed by atoms with E-state index in [-0.39, 0.29) is 5.91 Å². The molecule has 216 valence electrons. The number of rotatable bonds is 8. The van der Waals surface area contributed by atoms with Crippen LogP contribution in [0.3, 0.4) is 0 Å². The molecule has 0 radical (unpaired) electrons. The number of carbonyl (C=O) groups is 1. The first-order valence-corrected chi connectivity index (χ1v) is 14.5. The van der Waals surface area contributed by atoms with Gasteiger partial charge in [0.1, 0.15) is 11.4 Å². The van der Waals surface area contributed by atoms with E-state index in [0.29, 0.717) is 30.9 Å². The summed E-state index contributed by atoms with van der Waals surface area (Å²) >= 11 is 0. The van der Waals surface area contributed by atoms with Gasteiger partial charge in [0.25, 0.3) is 5.91 Å². The number of hydrogen-bond donors (Lipinski definition) is 1. The van der Waals surface area contributed by atoms with Gasteiger partial charge < -0.3 is 15.4 Å². The van der Waals surface area contributed by atoms with Crippen molar-refractivity contribution in [1.29, 1.82) is 0 Å². The monoisotopic (exact) mass is 577 g/mol. The van der Waals surface area contributed by atoms with Crippen molar-refractivity contribution in [3.63, 3.8) is 0 Å². The molecule has 0 bridgehead atoms. The summed E-state index contributed by atoms with van der Waals surface area (Å²) in [5.74, 6) is 0.747. The van der Waals surface area contributed by atoms with Crippen molar-refractivity contribution >= 4 is 28.1 Å². The Morgan fingerprint density at radius 2 is 1.70 bits per heavy atom. The van der Waals surface area contributed by atoms with E-state index in [0.717, 1.165) is 61.3 Å². The second-order valence-electron chi connectivity index (χ2n) is 11.0. The van der Waals surface area contributed by atoms with Crippen molar-refractivity contribution in [2.45, 2.75) is 13.1 Å². The first-order valence-electron chi connectivity index (χ1n) is 14.5. The maximum atomic E-state index is 13.6. The first-order chi connectivity index (χ1) is 21.5. The molecule has 1 aliphatic heterocycles. The third-order valence-corrected chi connectivity index (χ3v) is 8.27. The van der Waals surface area contributed by atoms with Crippen LogP contribution in [0.5, 0.6) is 5.75 Å². The van der Waals surface area contributed by atoms with E-state index in [1.807, 2.05) is 64.2 Å². The Balaban J connectivity index is 1.28.